The molecule has 6 fully saturated rings. The lowest BCUT2D eigenvalue weighted by atomic mass is 9.54. The third-order valence-electron chi connectivity index (χ3n) is 10.7. The van der Waals surface area contributed by atoms with Crippen molar-refractivity contribution in [1.82, 2.24) is 0 Å². The Labute approximate surface area is 255 Å². The summed E-state index contributed by atoms with van der Waals surface area (Å²) in [5.74, 6) is 2.38. The molecule has 0 spiro atoms. The summed E-state index contributed by atoms with van der Waals surface area (Å²) in [7, 11) is 0. The third-order valence-corrected chi connectivity index (χ3v) is 10.7. The van der Waals surface area contributed by atoms with E-state index in [2.05, 4.69) is 78.9 Å². The van der Waals surface area contributed by atoms with Gasteiger partial charge >= 0.3 is 0 Å². The van der Waals surface area contributed by atoms with E-state index in [1.807, 2.05) is 12.1 Å². The molecule has 6 atom stereocenters. The highest BCUT2D eigenvalue weighted by Crippen LogP contribution is 2.58. The van der Waals surface area contributed by atoms with Crippen LogP contribution < -0.4 is 0 Å². The van der Waals surface area contributed by atoms with E-state index in [0.717, 1.165) is 61.0 Å². The van der Waals surface area contributed by atoms with Crippen LogP contribution in [0.3, 0.4) is 0 Å². The summed E-state index contributed by atoms with van der Waals surface area (Å²) in [6.45, 7) is 0.962. The normalized spacial score (nSPS) is 38.1. The van der Waals surface area contributed by atoms with Crippen molar-refractivity contribution in [3.63, 3.8) is 0 Å². The van der Waals surface area contributed by atoms with E-state index in [4.69, 9.17) is 23.7 Å². The molecular formula is C38H44O5. The molecule has 6 aliphatic rings. The molecule has 2 aliphatic heterocycles. The van der Waals surface area contributed by atoms with Crippen molar-refractivity contribution >= 4 is 0 Å². The summed E-state index contributed by atoms with van der Waals surface area (Å²) < 4.78 is 34.8. The lowest BCUT2D eigenvalue weighted by molar-refractivity contribution is -0.365. The lowest BCUT2D eigenvalue weighted by Crippen LogP contribution is -2.64. The number of fused-ring (bicyclic) bond motifs is 1. The van der Waals surface area contributed by atoms with E-state index in [0.29, 0.717) is 13.2 Å². The van der Waals surface area contributed by atoms with Gasteiger partial charge in [-0.1, -0.05) is 91.0 Å². The molecule has 43 heavy (non-hydrogen) atoms. The van der Waals surface area contributed by atoms with E-state index in [-0.39, 0.29) is 30.0 Å². The Balaban J connectivity index is 1.10. The summed E-state index contributed by atoms with van der Waals surface area (Å²) >= 11 is 0. The molecular weight excluding hydrogens is 536 g/mol. The molecule has 4 saturated carbocycles. The van der Waals surface area contributed by atoms with Crippen LogP contribution in [0.25, 0.3) is 0 Å². The zero-order chi connectivity index (χ0) is 28.6. The van der Waals surface area contributed by atoms with Crippen molar-refractivity contribution in [1.29, 1.82) is 0 Å². The monoisotopic (exact) mass is 580 g/mol. The minimum atomic E-state index is -0.487. The SMILES string of the molecule is c1ccc(CO[C@@H]2[C@H](OCc3ccccc3)[C@@H](OC34CC5CC(CC(C5)C3)C4)O[C@@H]3CCC(c4ccccc4)O[C@@H]23)cc1. The summed E-state index contributed by atoms with van der Waals surface area (Å²) in [5, 5.41) is 0. The predicted molar refractivity (Wildman–Crippen MR) is 164 cm³/mol. The van der Waals surface area contributed by atoms with E-state index in [1.54, 1.807) is 0 Å². The van der Waals surface area contributed by atoms with Gasteiger partial charge in [-0.3, -0.25) is 0 Å². The van der Waals surface area contributed by atoms with Gasteiger partial charge in [0.2, 0.25) is 0 Å². The van der Waals surface area contributed by atoms with Crippen LogP contribution in [-0.2, 0) is 36.9 Å². The molecule has 0 aromatic heterocycles. The summed E-state index contributed by atoms with van der Waals surface area (Å²) in [5.41, 5.74) is 3.37. The molecule has 3 aromatic rings. The van der Waals surface area contributed by atoms with Gasteiger partial charge in [0.05, 0.1) is 31.0 Å². The third kappa shape index (κ3) is 5.95. The largest absolute Gasteiger partial charge is 0.368 e. The number of hydrogen-bond donors (Lipinski definition) is 0. The molecule has 9 rings (SSSR count). The average Bonchev–Trinajstić information content (AvgIpc) is 3.03. The van der Waals surface area contributed by atoms with Gasteiger partial charge in [-0.05, 0) is 85.8 Å². The van der Waals surface area contributed by atoms with Gasteiger partial charge in [0, 0.05) is 0 Å². The Morgan fingerprint density at radius 1 is 0.605 bits per heavy atom. The highest BCUT2D eigenvalue weighted by atomic mass is 16.7. The minimum absolute atomic E-state index is 0.00395. The quantitative estimate of drug-likeness (QED) is 0.259. The van der Waals surface area contributed by atoms with Crippen LogP contribution in [0.4, 0.5) is 0 Å². The number of benzene rings is 3. The Morgan fingerprint density at radius 3 is 1.72 bits per heavy atom. The second-order valence-electron chi connectivity index (χ2n) is 13.9. The molecule has 5 nitrogen and oxygen atoms in total. The van der Waals surface area contributed by atoms with Crippen LogP contribution >= 0.6 is 0 Å². The van der Waals surface area contributed by atoms with E-state index >= 15 is 0 Å². The molecule has 2 heterocycles. The van der Waals surface area contributed by atoms with Crippen LogP contribution in [0, 0.1) is 17.8 Å². The molecule has 0 N–H and O–H groups in total. The van der Waals surface area contributed by atoms with Gasteiger partial charge < -0.3 is 23.7 Å². The highest BCUT2D eigenvalue weighted by Gasteiger charge is 2.57. The van der Waals surface area contributed by atoms with Crippen molar-refractivity contribution < 1.29 is 23.7 Å². The van der Waals surface area contributed by atoms with Crippen LogP contribution in [0.1, 0.15) is 74.2 Å². The first-order valence-corrected chi connectivity index (χ1v) is 16.5. The second-order valence-corrected chi connectivity index (χ2v) is 13.9. The van der Waals surface area contributed by atoms with Crippen molar-refractivity contribution in [2.24, 2.45) is 17.8 Å². The fraction of sp³-hybridized carbons (Fsp3) is 0.526. The molecule has 0 amide bonds. The Morgan fingerprint density at radius 2 is 1.14 bits per heavy atom. The Kier molecular flexibility index (Phi) is 7.87. The highest BCUT2D eigenvalue weighted by molar-refractivity contribution is 5.19. The minimum Gasteiger partial charge on any atom is -0.368 e. The molecule has 4 bridgehead atoms. The first kappa shape index (κ1) is 28.0. The standard InChI is InChI=1S/C38H44O5/c1-4-10-26(11-5-1)24-39-35-34-33(17-16-32(41-34)31-14-8-3-9-15-31)42-37(36(35)40-25-27-12-6-2-7-13-27)43-38-21-28-18-29(22-38)20-30(19-28)23-38/h1-15,28-30,32-37H,16-25H2/t28?,29?,30?,32?,33-,34-,35+,36+,37-,38?/m1/s1. The van der Waals surface area contributed by atoms with Gasteiger partial charge in [-0.25, -0.2) is 0 Å². The van der Waals surface area contributed by atoms with Gasteiger partial charge in [0.15, 0.2) is 6.29 Å². The summed E-state index contributed by atoms with van der Waals surface area (Å²) in [4.78, 5) is 0. The predicted octanol–water partition coefficient (Wildman–Crippen LogP) is 7.79. The maximum Gasteiger partial charge on any atom is 0.187 e. The van der Waals surface area contributed by atoms with Crippen molar-refractivity contribution in [2.75, 3.05) is 0 Å². The fourth-order valence-corrected chi connectivity index (χ4v) is 9.18. The number of rotatable bonds is 9. The first-order chi connectivity index (χ1) is 21.2. The van der Waals surface area contributed by atoms with Gasteiger partial charge in [-0.15, -0.1) is 0 Å². The zero-order valence-corrected chi connectivity index (χ0v) is 25.0. The van der Waals surface area contributed by atoms with Gasteiger partial charge in [0.1, 0.15) is 18.3 Å². The van der Waals surface area contributed by atoms with Crippen LogP contribution in [0.5, 0.6) is 0 Å². The fourth-order valence-electron chi connectivity index (χ4n) is 9.18. The maximum atomic E-state index is 7.25. The molecule has 1 unspecified atom stereocenters. The first-order valence-electron chi connectivity index (χ1n) is 16.5. The van der Waals surface area contributed by atoms with Gasteiger partial charge in [0.25, 0.3) is 0 Å². The maximum absolute atomic E-state index is 7.25. The van der Waals surface area contributed by atoms with E-state index in [9.17, 15) is 0 Å². The Hall–Kier alpha value is -2.54. The van der Waals surface area contributed by atoms with Crippen molar-refractivity contribution in [3.05, 3.63) is 108 Å². The average molecular weight is 581 g/mol. The van der Waals surface area contributed by atoms with E-state index in [1.165, 1.54) is 24.8 Å². The Bertz CT molecular complexity index is 1290. The molecule has 226 valence electrons. The summed E-state index contributed by atoms with van der Waals surface area (Å²) in [6.07, 6.45) is 7.85. The van der Waals surface area contributed by atoms with Crippen LogP contribution in [0.15, 0.2) is 91.0 Å². The lowest BCUT2D eigenvalue weighted by Gasteiger charge is -2.58. The van der Waals surface area contributed by atoms with Crippen molar-refractivity contribution in [2.45, 2.75) is 107 Å². The second kappa shape index (κ2) is 12.1. The number of hydrogen-bond acceptors (Lipinski definition) is 5. The molecule has 5 heteroatoms. The van der Waals surface area contributed by atoms with Crippen LogP contribution in [0.2, 0.25) is 0 Å². The van der Waals surface area contributed by atoms with Crippen LogP contribution in [-0.4, -0.2) is 36.3 Å². The topological polar surface area (TPSA) is 46.2 Å². The molecule has 0 radical (unpaired) electrons. The molecule has 3 aromatic carbocycles. The van der Waals surface area contributed by atoms with Crippen molar-refractivity contribution in [3.8, 4) is 0 Å². The number of ether oxygens (including phenoxy) is 5. The smallest absolute Gasteiger partial charge is 0.187 e. The zero-order valence-electron chi connectivity index (χ0n) is 25.0. The molecule has 4 aliphatic carbocycles. The summed E-state index contributed by atoms with van der Waals surface area (Å²) in [6, 6.07) is 31.4. The van der Waals surface area contributed by atoms with E-state index < -0.39 is 12.4 Å². The molecule has 2 saturated heterocycles. The van der Waals surface area contributed by atoms with Gasteiger partial charge in [-0.2, -0.15) is 0 Å².